The number of nitrogens with two attached hydrogens (primary N) is 3. The first-order valence-corrected chi connectivity index (χ1v) is 5.07. The number of hydrogen-bond acceptors (Lipinski definition) is 5. The van der Waals surface area contributed by atoms with E-state index in [0.717, 1.165) is 0 Å². The fourth-order valence-corrected chi connectivity index (χ4v) is 1.03. The largest absolute Gasteiger partial charge is 0.392 e. The van der Waals surface area contributed by atoms with Crippen LogP contribution in [0, 0.1) is 0 Å². The van der Waals surface area contributed by atoms with E-state index in [1.807, 2.05) is 0 Å². The van der Waals surface area contributed by atoms with E-state index >= 15 is 0 Å². The van der Waals surface area contributed by atoms with E-state index in [9.17, 15) is 19.2 Å². The van der Waals surface area contributed by atoms with E-state index in [1.54, 1.807) is 0 Å². The lowest BCUT2D eigenvalue weighted by atomic mass is 10.4. The van der Waals surface area contributed by atoms with E-state index in [-0.39, 0.29) is 11.5 Å². The average Bonchev–Trinajstić information content (AvgIpc) is 2.22. The van der Waals surface area contributed by atoms with Crippen molar-refractivity contribution in [2.75, 3.05) is 19.6 Å². The molecule has 0 aromatic carbocycles. The fourth-order valence-electron chi connectivity index (χ4n) is 0.962. The molecule has 0 aromatic heterocycles. The lowest BCUT2D eigenvalue weighted by Crippen LogP contribution is -2.50. The van der Waals surface area contributed by atoms with Crippen molar-refractivity contribution in [2.45, 2.75) is 0 Å². The predicted octanol–water partition coefficient (Wildman–Crippen LogP) is -3.81. The molecule has 9 nitrogen and oxygen atoms in total. The molecule has 0 fully saturated rings. The molecule has 0 saturated carbocycles. The summed E-state index contributed by atoms with van der Waals surface area (Å²) in [5, 5.41) is 2.11. The van der Waals surface area contributed by atoms with Crippen molar-refractivity contribution in [1.29, 1.82) is 0 Å². The van der Waals surface area contributed by atoms with E-state index in [0.29, 0.717) is 4.90 Å². The third kappa shape index (κ3) is 6.37. The molecule has 0 atom stereocenters. The molecular formula is C8H13N5O4S. The molecule has 0 radical (unpaired) electrons. The van der Waals surface area contributed by atoms with Crippen molar-refractivity contribution in [1.82, 2.24) is 10.2 Å². The van der Waals surface area contributed by atoms with Crippen LogP contribution < -0.4 is 22.5 Å². The lowest BCUT2D eigenvalue weighted by molar-refractivity contribution is -0.147. The summed E-state index contributed by atoms with van der Waals surface area (Å²) in [5.74, 6) is -3.95. The Kier molecular flexibility index (Phi) is 6.28. The zero-order valence-corrected chi connectivity index (χ0v) is 10.2. The van der Waals surface area contributed by atoms with Gasteiger partial charge in [0.1, 0.15) is 13.1 Å². The van der Waals surface area contributed by atoms with Crippen LogP contribution in [-0.2, 0) is 19.2 Å². The summed E-state index contributed by atoms with van der Waals surface area (Å²) in [6, 6.07) is 0. The SMILES string of the molecule is NC(=O)CN(CC(N)=O)C(=O)C(=O)NCC(N)=S. The molecule has 18 heavy (non-hydrogen) atoms. The minimum absolute atomic E-state index is 0.0208. The molecule has 4 amide bonds. The summed E-state index contributed by atoms with van der Waals surface area (Å²) in [6.07, 6.45) is 0. The fraction of sp³-hybridized carbons (Fsp3) is 0.375. The molecule has 100 valence electrons. The predicted molar refractivity (Wildman–Crippen MR) is 64.8 cm³/mol. The Bertz CT molecular complexity index is 381. The first-order chi connectivity index (χ1) is 8.23. The van der Waals surface area contributed by atoms with Crippen LogP contribution in [0.3, 0.4) is 0 Å². The zero-order valence-electron chi connectivity index (χ0n) is 9.34. The van der Waals surface area contributed by atoms with Gasteiger partial charge in [-0.3, -0.25) is 19.2 Å². The minimum Gasteiger partial charge on any atom is -0.392 e. The van der Waals surface area contributed by atoms with E-state index in [1.165, 1.54) is 0 Å². The summed E-state index contributed by atoms with van der Waals surface area (Å²) in [5.41, 5.74) is 14.9. The van der Waals surface area contributed by atoms with Gasteiger partial charge in [-0.25, -0.2) is 0 Å². The molecule has 0 unspecified atom stereocenters. The highest BCUT2D eigenvalue weighted by molar-refractivity contribution is 7.80. The van der Waals surface area contributed by atoms with Gasteiger partial charge in [0.25, 0.3) is 0 Å². The third-order valence-electron chi connectivity index (χ3n) is 1.60. The Labute approximate surface area is 108 Å². The van der Waals surface area contributed by atoms with Crippen LogP contribution in [0.25, 0.3) is 0 Å². The number of carbonyl (C=O) groups excluding carboxylic acids is 4. The Morgan fingerprint density at radius 3 is 1.78 bits per heavy atom. The highest BCUT2D eigenvalue weighted by Crippen LogP contribution is 1.90. The molecule has 0 saturated heterocycles. The van der Waals surface area contributed by atoms with Crippen molar-refractivity contribution in [3.05, 3.63) is 0 Å². The number of nitrogens with one attached hydrogen (secondary N) is 1. The van der Waals surface area contributed by atoms with Gasteiger partial charge < -0.3 is 27.4 Å². The zero-order chi connectivity index (χ0) is 14.3. The van der Waals surface area contributed by atoms with Crippen molar-refractivity contribution in [2.24, 2.45) is 17.2 Å². The second kappa shape index (κ2) is 7.17. The molecule has 0 aliphatic rings. The van der Waals surface area contributed by atoms with Gasteiger partial charge in [0.15, 0.2) is 0 Å². The van der Waals surface area contributed by atoms with Gasteiger partial charge in [-0.2, -0.15) is 0 Å². The molecule has 0 aliphatic carbocycles. The summed E-state index contributed by atoms with van der Waals surface area (Å²) < 4.78 is 0. The van der Waals surface area contributed by atoms with Crippen LogP contribution in [0.1, 0.15) is 0 Å². The third-order valence-corrected chi connectivity index (χ3v) is 1.74. The number of carbonyl (C=O) groups is 4. The maximum atomic E-state index is 11.5. The summed E-state index contributed by atoms with van der Waals surface area (Å²) >= 11 is 4.50. The Morgan fingerprint density at radius 1 is 1.00 bits per heavy atom. The van der Waals surface area contributed by atoms with Crippen LogP contribution >= 0.6 is 12.2 Å². The van der Waals surface area contributed by atoms with Gasteiger partial charge in [0.2, 0.25) is 11.8 Å². The first-order valence-electron chi connectivity index (χ1n) is 4.66. The van der Waals surface area contributed by atoms with Crippen LogP contribution in [0.2, 0.25) is 0 Å². The van der Waals surface area contributed by atoms with E-state index in [2.05, 4.69) is 17.5 Å². The monoisotopic (exact) mass is 275 g/mol. The maximum Gasteiger partial charge on any atom is 0.312 e. The van der Waals surface area contributed by atoms with Crippen molar-refractivity contribution >= 4 is 40.8 Å². The van der Waals surface area contributed by atoms with Gasteiger partial charge >= 0.3 is 11.8 Å². The van der Waals surface area contributed by atoms with E-state index < -0.39 is 36.7 Å². The van der Waals surface area contributed by atoms with Crippen molar-refractivity contribution in [3.63, 3.8) is 0 Å². The first kappa shape index (κ1) is 15.8. The summed E-state index contributed by atoms with van der Waals surface area (Å²) in [4.78, 5) is 44.9. The molecule has 0 aromatic rings. The van der Waals surface area contributed by atoms with Crippen LogP contribution in [-0.4, -0.2) is 53.2 Å². The highest BCUT2D eigenvalue weighted by atomic mass is 32.1. The maximum absolute atomic E-state index is 11.5. The Balaban J connectivity index is 4.62. The Morgan fingerprint density at radius 2 is 1.44 bits per heavy atom. The molecule has 0 rings (SSSR count). The van der Waals surface area contributed by atoms with Gasteiger partial charge in [0.05, 0.1) is 11.5 Å². The molecule has 10 heteroatoms. The molecule has 7 N–H and O–H groups in total. The van der Waals surface area contributed by atoms with Gasteiger partial charge in [-0.05, 0) is 0 Å². The smallest absolute Gasteiger partial charge is 0.312 e. The van der Waals surface area contributed by atoms with Crippen molar-refractivity contribution < 1.29 is 19.2 Å². The number of amides is 4. The minimum atomic E-state index is -1.12. The molecule has 0 heterocycles. The second-order valence-corrected chi connectivity index (χ2v) is 3.77. The quantitative estimate of drug-likeness (QED) is 0.287. The van der Waals surface area contributed by atoms with Crippen molar-refractivity contribution in [3.8, 4) is 0 Å². The molecule has 0 aliphatic heterocycles. The molecule has 0 spiro atoms. The highest BCUT2D eigenvalue weighted by Gasteiger charge is 2.24. The molecule has 0 bridgehead atoms. The topological polar surface area (TPSA) is 162 Å². The number of rotatable bonds is 6. The van der Waals surface area contributed by atoms with Crippen LogP contribution in [0.4, 0.5) is 0 Å². The van der Waals surface area contributed by atoms with Crippen LogP contribution in [0.15, 0.2) is 0 Å². The standard InChI is InChI=1S/C8H13N5O4S/c9-4(14)2-13(3-5(10)15)8(17)7(16)12-1-6(11)18/h1-3H2,(H2,9,14)(H2,10,15)(H2,11,18)(H,12,16). The number of hydrogen-bond donors (Lipinski definition) is 4. The van der Waals surface area contributed by atoms with E-state index in [4.69, 9.17) is 17.2 Å². The number of thiocarbonyl (C=S) groups is 1. The molecular weight excluding hydrogens is 262 g/mol. The number of primary amides is 2. The van der Waals surface area contributed by atoms with Crippen LogP contribution in [0.5, 0.6) is 0 Å². The normalized spacial score (nSPS) is 9.33. The van der Waals surface area contributed by atoms with Gasteiger partial charge in [0, 0.05) is 0 Å². The summed E-state index contributed by atoms with van der Waals surface area (Å²) in [7, 11) is 0. The second-order valence-electron chi connectivity index (χ2n) is 3.24. The van der Waals surface area contributed by atoms with Gasteiger partial charge in [-0.15, -0.1) is 0 Å². The summed E-state index contributed by atoms with van der Waals surface area (Å²) in [6.45, 7) is -1.37. The number of nitrogens with zero attached hydrogens (tertiary/aromatic N) is 1. The average molecular weight is 275 g/mol. The Hall–Kier alpha value is -2.23. The van der Waals surface area contributed by atoms with Gasteiger partial charge in [-0.1, -0.05) is 12.2 Å². The lowest BCUT2D eigenvalue weighted by Gasteiger charge is -2.18.